The van der Waals surface area contributed by atoms with Crippen molar-refractivity contribution in [3.63, 3.8) is 0 Å². The predicted octanol–water partition coefficient (Wildman–Crippen LogP) is 4.66. The fourth-order valence-electron chi connectivity index (χ4n) is 5.83. The number of alkyl halides is 2. The zero-order valence-corrected chi connectivity index (χ0v) is 19.9. The van der Waals surface area contributed by atoms with Gasteiger partial charge in [-0.05, 0) is 41.7 Å². The van der Waals surface area contributed by atoms with Crippen LogP contribution in [0, 0.1) is 5.41 Å². The van der Waals surface area contributed by atoms with E-state index >= 15 is 0 Å². The molecule has 5 rings (SSSR count). The van der Waals surface area contributed by atoms with Crippen LogP contribution in [0.1, 0.15) is 55.7 Å². The van der Waals surface area contributed by atoms with Gasteiger partial charge < -0.3 is 20.8 Å². The molecule has 2 N–H and O–H groups in total. The quantitative estimate of drug-likeness (QED) is 0.500. The molecule has 0 aromatic heterocycles. The molecule has 4 heterocycles. The summed E-state index contributed by atoms with van der Waals surface area (Å²) in [5, 5.41) is 7.59. The lowest BCUT2D eigenvalue weighted by atomic mass is 9.88. The van der Waals surface area contributed by atoms with E-state index in [0.29, 0.717) is 38.9 Å². The maximum absolute atomic E-state index is 14.2. The average Bonchev–Trinajstić information content (AvgIpc) is 2.85. The SMILES string of the molecule is CC(=O)N1CCC2=C(C1)C(=[N+]1CCCc3cc(C(C=N)=C[NH-])c(C(F)F)cc31)N2C1CCOCC1. The van der Waals surface area contributed by atoms with Gasteiger partial charge in [0.25, 0.3) is 12.3 Å². The van der Waals surface area contributed by atoms with Crippen LogP contribution in [0.4, 0.5) is 14.5 Å². The molecule has 9 heteroatoms. The smallest absolute Gasteiger partial charge is 0.291 e. The Hall–Kier alpha value is -3.07. The van der Waals surface area contributed by atoms with Crippen LogP contribution in [0.5, 0.6) is 0 Å². The largest absolute Gasteiger partial charge is 0.704 e. The minimum absolute atomic E-state index is 0.0467. The van der Waals surface area contributed by atoms with Gasteiger partial charge in [0.1, 0.15) is 23.0 Å². The van der Waals surface area contributed by atoms with Gasteiger partial charge >= 0.3 is 0 Å². The zero-order chi connectivity index (χ0) is 24.7. The average molecular weight is 484 g/mol. The Morgan fingerprint density at radius 3 is 2.71 bits per heavy atom. The van der Waals surface area contributed by atoms with Crippen molar-refractivity contribution in [1.82, 2.24) is 9.80 Å². The minimum atomic E-state index is -2.72. The second-order valence-corrected chi connectivity index (χ2v) is 9.52. The van der Waals surface area contributed by atoms with Crippen LogP contribution in [0.15, 0.2) is 29.6 Å². The number of aryl methyl sites for hydroxylation is 1. The molecule has 0 radical (unpaired) electrons. The fraction of sp³-hybridized carbons (Fsp3) is 0.500. The molecule has 1 aromatic carbocycles. The van der Waals surface area contributed by atoms with E-state index in [1.807, 2.05) is 4.90 Å². The van der Waals surface area contributed by atoms with Gasteiger partial charge in [0, 0.05) is 44.5 Å². The molecular weight excluding hydrogens is 452 g/mol. The van der Waals surface area contributed by atoms with Crippen molar-refractivity contribution in [3.05, 3.63) is 52.0 Å². The number of rotatable bonds is 4. The Kier molecular flexibility index (Phi) is 6.44. The summed E-state index contributed by atoms with van der Waals surface area (Å²) in [4.78, 5) is 16.4. The first-order valence-corrected chi connectivity index (χ1v) is 12.3. The number of nitrogens with zero attached hydrogens (tertiary/aromatic N) is 3. The number of benzene rings is 1. The summed E-state index contributed by atoms with van der Waals surface area (Å²) in [6.07, 6.45) is 3.45. The summed E-state index contributed by atoms with van der Waals surface area (Å²) in [6.45, 7) is 4.96. The molecular formula is C26H31F2N5O2. The minimum Gasteiger partial charge on any atom is -0.704 e. The molecule has 0 atom stereocenters. The predicted molar refractivity (Wildman–Crippen MR) is 130 cm³/mol. The van der Waals surface area contributed by atoms with Gasteiger partial charge in [0.2, 0.25) is 5.91 Å². The van der Waals surface area contributed by atoms with E-state index in [-0.39, 0.29) is 22.6 Å². The summed E-state index contributed by atoms with van der Waals surface area (Å²) < 4.78 is 36.1. The summed E-state index contributed by atoms with van der Waals surface area (Å²) in [6, 6.07) is 3.60. The third kappa shape index (κ3) is 4.05. The van der Waals surface area contributed by atoms with Crippen molar-refractivity contribution in [2.45, 2.75) is 51.5 Å². The van der Waals surface area contributed by atoms with E-state index in [9.17, 15) is 13.6 Å². The first-order valence-electron chi connectivity index (χ1n) is 12.3. The third-order valence-electron chi connectivity index (χ3n) is 7.59. The van der Waals surface area contributed by atoms with Crippen LogP contribution >= 0.6 is 0 Å². The third-order valence-corrected chi connectivity index (χ3v) is 7.59. The summed E-state index contributed by atoms with van der Waals surface area (Å²) in [5.74, 6) is 1.08. The van der Waals surface area contributed by atoms with Crippen LogP contribution in [0.2, 0.25) is 0 Å². The molecule has 1 aromatic rings. The van der Waals surface area contributed by atoms with Crippen molar-refractivity contribution in [3.8, 4) is 0 Å². The molecule has 1 amide bonds. The number of carbonyl (C=O) groups is 1. The highest BCUT2D eigenvalue weighted by Gasteiger charge is 2.51. The van der Waals surface area contributed by atoms with Crippen molar-refractivity contribution in [2.75, 3.05) is 32.8 Å². The number of amides is 1. The highest BCUT2D eigenvalue weighted by atomic mass is 19.3. The number of allylic oxidation sites excluding steroid dienone is 1. The fourth-order valence-corrected chi connectivity index (χ4v) is 5.83. The van der Waals surface area contributed by atoms with E-state index in [1.54, 1.807) is 19.1 Å². The second-order valence-electron chi connectivity index (χ2n) is 9.52. The zero-order valence-electron chi connectivity index (χ0n) is 19.9. The highest BCUT2D eigenvalue weighted by Crippen LogP contribution is 2.42. The molecule has 7 nitrogen and oxygen atoms in total. The number of hydrogen-bond donors (Lipinski definition) is 1. The molecule has 35 heavy (non-hydrogen) atoms. The molecule has 1 saturated heterocycles. The van der Waals surface area contributed by atoms with E-state index in [1.165, 1.54) is 5.70 Å². The molecule has 1 fully saturated rings. The van der Waals surface area contributed by atoms with Gasteiger partial charge in [-0.15, -0.1) is 0 Å². The first-order chi connectivity index (χ1) is 16.9. The Morgan fingerprint density at radius 2 is 2.06 bits per heavy atom. The topological polar surface area (TPSA) is 83.4 Å². The van der Waals surface area contributed by atoms with Gasteiger partial charge in [0.05, 0.1) is 26.3 Å². The van der Waals surface area contributed by atoms with Gasteiger partial charge in [-0.3, -0.25) is 4.79 Å². The Balaban J connectivity index is 1.66. The van der Waals surface area contributed by atoms with E-state index in [0.717, 1.165) is 67.2 Å². The molecule has 0 unspecified atom stereocenters. The number of ether oxygens (including phenoxy) is 1. The Morgan fingerprint density at radius 1 is 1.29 bits per heavy atom. The van der Waals surface area contributed by atoms with Crippen LogP contribution in [0.25, 0.3) is 11.3 Å². The molecule has 0 spiro atoms. The van der Waals surface area contributed by atoms with E-state index in [2.05, 4.69) is 9.48 Å². The van der Waals surface area contributed by atoms with Gasteiger partial charge in [0.15, 0.2) is 0 Å². The standard InChI is InChI=1S/C26H31F2N5O2/c1-16(34)31-8-4-23-22(15-31)26(33(23)19-5-9-35-10-6-19)32-7-2-3-17-11-20(18(13-29)14-30)21(25(27)28)12-24(17)32/h11-14,19,25H,2-10,15H2,1H3,(H2-,29,30). The van der Waals surface area contributed by atoms with Gasteiger partial charge in [-0.2, -0.15) is 6.20 Å². The van der Waals surface area contributed by atoms with E-state index in [4.69, 9.17) is 15.9 Å². The summed E-state index contributed by atoms with van der Waals surface area (Å²) in [5.41, 5.74) is 12.0. The lowest BCUT2D eigenvalue weighted by Gasteiger charge is -2.45. The van der Waals surface area contributed by atoms with Gasteiger partial charge in [-0.1, -0.05) is 0 Å². The lowest BCUT2D eigenvalue weighted by molar-refractivity contribution is -0.453. The Bertz CT molecular complexity index is 1150. The maximum atomic E-state index is 14.2. The van der Waals surface area contributed by atoms with Crippen molar-refractivity contribution in [1.29, 1.82) is 5.41 Å². The normalized spacial score (nSPS) is 23.3. The Labute approximate surface area is 204 Å². The lowest BCUT2D eigenvalue weighted by Crippen LogP contribution is -2.58. The molecule has 186 valence electrons. The number of fused-ring (bicyclic) bond motifs is 1. The summed E-state index contributed by atoms with van der Waals surface area (Å²) >= 11 is 0. The van der Waals surface area contributed by atoms with Crippen LogP contribution in [0.3, 0.4) is 0 Å². The van der Waals surface area contributed by atoms with Crippen molar-refractivity contribution >= 4 is 29.2 Å². The molecule has 0 bridgehead atoms. The second kappa shape index (κ2) is 9.53. The summed E-state index contributed by atoms with van der Waals surface area (Å²) in [7, 11) is 0. The number of nitrogens with one attached hydrogen (secondary N) is 2. The molecule has 4 aliphatic rings. The maximum Gasteiger partial charge on any atom is 0.291 e. The first kappa shape index (κ1) is 23.7. The van der Waals surface area contributed by atoms with Crippen molar-refractivity contribution in [2.24, 2.45) is 0 Å². The molecule has 0 aliphatic carbocycles. The number of hydrogen-bond acceptors (Lipinski definition) is 3. The monoisotopic (exact) mass is 483 g/mol. The molecule has 4 aliphatic heterocycles. The van der Waals surface area contributed by atoms with Crippen LogP contribution in [-0.2, 0) is 16.0 Å². The molecule has 0 saturated carbocycles. The van der Waals surface area contributed by atoms with Gasteiger partial charge in [-0.25, -0.2) is 18.3 Å². The van der Waals surface area contributed by atoms with Crippen LogP contribution in [-0.4, -0.2) is 71.2 Å². The number of carbonyl (C=O) groups excluding carboxylic acids is 1. The highest BCUT2D eigenvalue weighted by molar-refractivity contribution is 6.09. The number of amidine groups is 1. The number of halogens is 2. The van der Waals surface area contributed by atoms with Crippen LogP contribution < -0.4 is 0 Å². The van der Waals surface area contributed by atoms with Crippen molar-refractivity contribution < 1.29 is 22.9 Å². The van der Waals surface area contributed by atoms with E-state index < -0.39 is 6.43 Å².